The van der Waals surface area contributed by atoms with Crippen LogP contribution in [0.2, 0.25) is 0 Å². The van der Waals surface area contributed by atoms with E-state index in [0.29, 0.717) is 39.8 Å². The van der Waals surface area contributed by atoms with Crippen LogP contribution in [-0.2, 0) is 23.0 Å². The number of nitrogens with zero attached hydrogens (tertiary/aromatic N) is 2. The van der Waals surface area contributed by atoms with E-state index in [9.17, 15) is 22.0 Å². The molecule has 0 radical (unpaired) electrons. The van der Waals surface area contributed by atoms with Gasteiger partial charge in [0.1, 0.15) is 23.0 Å². The minimum Gasteiger partial charge on any atom is -0.455 e. The number of nitrogens with one attached hydrogen (secondary N) is 2. The minimum atomic E-state index is -3.73. The van der Waals surface area contributed by atoms with Gasteiger partial charge in [0.25, 0.3) is 5.91 Å². The van der Waals surface area contributed by atoms with Gasteiger partial charge in [0, 0.05) is 41.6 Å². The minimum absolute atomic E-state index is 0.170. The van der Waals surface area contributed by atoms with Crippen LogP contribution >= 0.6 is 0 Å². The molecule has 0 saturated carbocycles. The Bertz CT molecular complexity index is 2260. The zero-order valence-corrected chi connectivity index (χ0v) is 25.3. The predicted octanol–water partition coefficient (Wildman–Crippen LogP) is 7.13. The van der Waals surface area contributed by atoms with Gasteiger partial charge in [0.2, 0.25) is 10.0 Å². The van der Waals surface area contributed by atoms with E-state index in [4.69, 9.17) is 9.40 Å². The summed E-state index contributed by atoms with van der Waals surface area (Å²) in [7, 11) is -2.24. The summed E-state index contributed by atoms with van der Waals surface area (Å²) in [6.07, 6.45) is 1.60. The zero-order chi connectivity index (χ0) is 31.5. The van der Waals surface area contributed by atoms with E-state index >= 15 is 0 Å². The number of hydrogen-bond acceptors (Lipinski definition) is 5. The number of sulfonamides is 1. The quantitative estimate of drug-likeness (QED) is 0.205. The number of hydrogen-bond donors (Lipinski definition) is 2. The molecule has 0 saturated heterocycles. The fourth-order valence-corrected chi connectivity index (χ4v) is 6.66. The summed E-state index contributed by atoms with van der Waals surface area (Å²) >= 11 is 0. The van der Waals surface area contributed by atoms with Crippen LogP contribution in [0.25, 0.3) is 55.8 Å². The molecule has 0 aliphatic carbocycles. The van der Waals surface area contributed by atoms with Gasteiger partial charge in [0.05, 0.1) is 39.6 Å². The molecule has 4 heterocycles. The Morgan fingerprint density at radius 1 is 1.02 bits per heavy atom. The number of aromatic nitrogens is 2. The lowest BCUT2D eigenvalue weighted by molar-refractivity contribution is 0.0964. The van der Waals surface area contributed by atoms with Crippen LogP contribution < -0.4 is 10.0 Å². The number of furan rings is 1. The topological polar surface area (TPSA) is 106 Å². The summed E-state index contributed by atoms with van der Waals surface area (Å²) in [5, 5.41) is 3.58. The second-order valence-electron chi connectivity index (χ2n) is 11.0. The monoisotopic (exact) mass is 626 g/mol. The van der Waals surface area contributed by atoms with Gasteiger partial charge in [-0.05, 0) is 79.9 Å². The van der Waals surface area contributed by atoms with Gasteiger partial charge in [-0.2, -0.15) is 0 Å². The van der Waals surface area contributed by atoms with Crippen LogP contribution in [0.15, 0.2) is 77.2 Å². The number of pyridine rings is 1. The number of rotatable bonds is 6. The summed E-state index contributed by atoms with van der Waals surface area (Å²) in [4.78, 5) is 18.3. The number of amides is 1. The molecule has 1 aliphatic heterocycles. The third-order valence-electron chi connectivity index (χ3n) is 8.25. The number of carbonyl (C=O) groups excluding carboxylic acids is 1. The Morgan fingerprint density at radius 2 is 1.82 bits per heavy atom. The molecule has 0 unspecified atom stereocenters. The molecule has 7 rings (SSSR count). The van der Waals surface area contributed by atoms with Crippen LogP contribution in [0, 0.1) is 11.6 Å². The lowest BCUT2D eigenvalue weighted by atomic mass is 9.99. The molecule has 0 atom stereocenters. The first-order valence-electron chi connectivity index (χ1n) is 14.5. The molecular weight excluding hydrogens is 598 g/mol. The molecule has 228 valence electrons. The molecule has 2 N–H and O–H groups in total. The third-order valence-corrected chi connectivity index (χ3v) is 9.54. The van der Waals surface area contributed by atoms with Crippen molar-refractivity contribution in [1.29, 1.82) is 0 Å². The highest BCUT2D eigenvalue weighted by Gasteiger charge is 2.26. The lowest BCUT2D eigenvalue weighted by Crippen LogP contribution is -2.18. The Labute approximate surface area is 257 Å². The molecule has 1 aliphatic rings. The maximum absolute atomic E-state index is 14.8. The van der Waals surface area contributed by atoms with Gasteiger partial charge in [-0.25, -0.2) is 22.2 Å². The zero-order valence-electron chi connectivity index (χ0n) is 24.4. The molecule has 0 bridgehead atoms. The van der Waals surface area contributed by atoms with E-state index in [1.54, 1.807) is 12.1 Å². The summed E-state index contributed by atoms with van der Waals surface area (Å²) in [5.74, 6) is -1.14. The Morgan fingerprint density at radius 3 is 2.58 bits per heavy atom. The number of halogens is 2. The molecule has 8 nitrogen and oxygen atoms in total. The summed E-state index contributed by atoms with van der Waals surface area (Å²) in [5.41, 5.74) is 5.28. The van der Waals surface area contributed by atoms with Crippen molar-refractivity contribution in [3.05, 3.63) is 95.6 Å². The highest BCUT2D eigenvalue weighted by atomic mass is 32.2. The van der Waals surface area contributed by atoms with Crippen molar-refractivity contribution in [2.75, 3.05) is 17.5 Å². The number of anilines is 1. The Hall–Kier alpha value is -5.03. The fourth-order valence-electron chi connectivity index (χ4n) is 6.01. The lowest BCUT2D eigenvalue weighted by Gasteiger charge is -2.14. The highest BCUT2D eigenvalue weighted by Crippen LogP contribution is 2.41. The first-order chi connectivity index (χ1) is 21.7. The van der Waals surface area contributed by atoms with E-state index in [1.165, 1.54) is 50.4 Å². The molecule has 6 aromatic rings. The van der Waals surface area contributed by atoms with Gasteiger partial charge < -0.3 is 14.3 Å². The molecule has 3 aromatic carbocycles. The van der Waals surface area contributed by atoms with Crippen LogP contribution in [0.1, 0.15) is 29.3 Å². The molecule has 45 heavy (non-hydrogen) atoms. The molecule has 3 aromatic heterocycles. The summed E-state index contributed by atoms with van der Waals surface area (Å²) < 4.78 is 65.1. The van der Waals surface area contributed by atoms with Crippen molar-refractivity contribution >= 4 is 43.5 Å². The third kappa shape index (κ3) is 4.93. The highest BCUT2D eigenvalue weighted by molar-refractivity contribution is 7.92. The smallest absolute Gasteiger partial charge is 0.255 e. The van der Waals surface area contributed by atoms with Gasteiger partial charge in [-0.3, -0.25) is 9.52 Å². The average Bonchev–Trinajstić information content (AvgIpc) is 3.54. The van der Waals surface area contributed by atoms with Crippen molar-refractivity contribution in [3.63, 3.8) is 0 Å². The van der Waals surface area contributed by atoms with Crippen LogP contribution in [0.5, 0.6) is 0 Å². The van der Waals surface area contributed by atoms with Gasteiger partial charge in [0.15, 0.2) is 0 Å². The van der Waals surface area contributed by atoms with E-state index in [0.717, 1.165) is 29.6 Å². The summed E-state index contributed by atoms with van der Waals surface area (Å²) in [6, 6.07) is 19.4. The normalized spacial score (nSPS) is 13.0. The van der Waals surface area contributed by atoms with Crippen molar-refractivity contribution in [1.82, 2.24) is 14.9 Å². The maximum Gasteiger partial charge on any atom is 0.255 e. The number of fused-ring (bicyclic) bond motifs is 6. The molecule has 1 amide bonds. The molecule has 11 heteroatoms. The van der Waals surface area contributed by atoms with Crippen LogP contribution in [0.4, 0.5) is 14.5 Å². The van der Waals surface area contributed by atoms with Gasteiger partial charge in [-0.1, -0.05) is 12.1 Å². The van der Waals surface area contributed by atoms with Crippen molar-refractivity contribution in [2.24, 2.45) is 0 Å². The Balaban J connectivity index is 1.49. The fraction of sp³-hybridized carbons (Fsp3) is 0.176. The van der Waals surface area contributed by atoms with E-state index < -0.39 is 21.7 Å². The SMILES string of the molecule is CCS(=O)(=O)Nc1cc2oc(-c3ccc(F)cc3)c(C(=O)NC)c2cc1-c1ccc2c(n1)-c1cc3c(F)cccc3n1CCC2. The maximum atomic E-state index is 14.8. The van der Waals surface area contributed by atoms with E-state index in [-0.39, 0.29) is 34.2 Å². The first kappa shape index (κ1) is 28.7. The van der Waals surface area contributed by atoms with Crippen LogP contribution in [-0.4, -0.2) is 36.7 Å². The standard InChI is InChI=1S/C34H28F2N4O4S/c1-3-45(42,43)39-27-18-30-24(31(34(41)37-2)33(44-30)20-9-12-21(35)13-10-20)16-23(27)26-14-11-19-6-5-15-40-28-8-4-7-25(36)22(28)17-29(40)32(19)38-26/h4,7-14,16-18,39H,3,5-6,15H2,1-2H3,(H,37,41). The second-order valence-corrected chi connectivity index (χ2v) is 13.0. The molecule has 0 spiro atoms. The largest absolute Gasteiger partial charge is 0.455 e. The second kappa shape index (κ2) is 10.8. The number of benzene rings is 3. The first-order valence-corrected chi connectivity index (χ1v) is 16.2. The number of aryl methyl sites for hydroxylation is 2. The molecule has 0 fully saturated rings. The van der Waals surface area contributed by atoms with E-state index in [2.05, 4.69) is 14.6 Å². The summed E-state index contributed by atoms with van der Waals surface area (Å²) in [6.45, 7) is 2.22. The van der Waals surface area contributed by atoms with Crippen LogP contribution in [0.3, 0.4) is 0 Å². The van der Waals surface area contributed by atoms with Crippen molar-refractivity contribution in [3.8, 4) is 34.0 Å². The van der Waals surface area contributed by atoms with Gasteiger partial charge in [-0.15, -0.1) is 0 Å². The predicted molar refractivity (Wildman–Crippen MR) is 171 cm³/mol. The Kier molecular flexibility index (Phi) is 6.92. The average molecular weight is 627 g/mol. The molecular formula is C34H28F2N4O4S. The van der Waals surface area contributed by atoms with Crippen molar-refractivity contribution < 1.29 is 26.4 Å². The number of carbonyl (C=O) groups is 1. The van der Waals surface area contributed by atoms with Crippen molar-refractivity contribution in [2.45, 2.75) is 26.3 Å². The van der Waals surface area contributed by atoms with Gasteiger partial charge >= 0.3 is 0 Å². The van der Waals surface area contributed by atoms with E-state index in [1.807, 2.05) is 24.3 Å².